The topological polar surface area (TPSA) is 46.2 Å². The van der Waals surface area contributed by atoms with E-state index in [1.54, 1.807) is 6.07 Å². The van der Waals surface area contributed by atoms with Crippen molar-refractivity contribution in [3.8, 4) is 0 Å². The van der Waals surface area contributed by atoms with Gasteiger partial charge in [0.05, 0.1) is 10.6 Å². The van der Waals surface area contributed by atoms with Gasteiger partial charge in [-0.2, -0.15) is 0 Å². The molecule has 1 aromatic rings. The van der Waals surface area contributed by atoms with E-state index in [0.717, 1.165) is 31.4 Å². The first-order valence-electron chi connectivity index (χ1n) is 7.15. The average molecular weight is 281 g/mol. The minimum absolute atomic E-state index is 0.278. The van der Waals surface area contributed by atoms with Gasteiger partial charge in [-0.3, -0.25) is 0 Å². The van der Waals surface area contributed by atoms with Crippen molar-refractivity contribution < 1.29 is 8.42 Å². The predicted octanol–water partition coefficient (Wildman–Crippen LogP) is 2.73. The number of fused-ring (bicyclic) bond motifs is 1. The molecule has 2 rings (SSSR count). The molecular weight excluding hydrogens is 258 g/mol. The minimum atomic E-state index is -3.07. The normalized spacial score (nSPS) is 22.7. The molecule has 0 fully saturated rings. The Labute approximate surface area is 116 Å². The summed E-state index contributed by atoms with van der Waals surface area (Å²) in [7, 11) is -3.07. The highest BCUT2D eigenvalue weighted by atomic mass is 32.2. The van der Waals surface area contributed by atoms with Crippen LogP contribution in [0.5, 0.6) is 0 Å². The first-order chi connectivity index (χ1) is 9.10. The van der Waals surface area contributed by atoms with Crippen molar-refractivity contribution in [2.75, 3.05) is 12.3 Å². The van der Waals surface area contributed by atoms with Crippen molar-refractivity contribution in [3.63, 3.8) is 0 Å². The Morgan fingerprint density at radius 3 is 2.74 bits per heavy atom. The molecule has 2 unspecified atom stereocenters. The Hall–Kier alpha value is -0.870. The van der Waals surface area contributed by atoms with Crippen molar-refractivity contribution in [2.24, 2.45) is 0 Å². The Balaban J connectivity index is 2.38. The summed E-state index contributed by atoms with van der Waals surface area (Å²) in [6.07, 6.45) is 2.94. The van der Waals surface area contributed by atoms with Crippen LogP contribution in [0.3, 0.4) is 0 Å². The fourth-order valence-corrected chi connectivity index (χ4v) is 4.70. The summed E-state index contributed by atoms with van der Waals surface area (Å²) in [6.45, 7) is 5.21. The van der Waals surface area contributed by atoms with Crippen LogP contribution >= 0.6 is 0 Å². The fourth-order valence-electron chi connectivity index (χ4n) is 3.05. The zero-order chi connectivity index (χ0) is 13.9. The number of nitrogens with one attached hydrogen (secondary N) is 1. The molecule has 0 saturated heterocycles. The standard InChI is InChI=1S/C15H23NO2S/c1-3-7-14(16-4-2)12-10-11-19(17,18)15-9-6-5-8-13(12)15/h5-6,8-9,12,14,16H,3-4,7,10-11H2,1-2H3. The Bertz CT molecular complexity index is 519. The van der Waals surface area contributed by atoms with Crippen molar-refractivity contribution in [1.82, 2.24) is 5.32 Å². The fraction of sp³-hybridized carbons (Fsp3) is 0.600. The molecule has 1 aromatic carbocycles. The van der Waals surface area contributed by atoms with Crippen LogP contribution in [0.1, 0.15) is 44.6 Å². The predicted molar refractivity (Wildman–Crippen MR) is 78.2 cm³/mol. The summed E-state index contributed by atoms with van der Waals surface area (Å²) in [6, 6.07) is 7.89. The highest BCUT2D eigenvalue weighted by Gasteiger charge is 2.33. The molecule has 4 heteroatoms. The highest BCUT2D eigenvalue weighted by molar-refractivity contribution is 7.91. The molecule has 0 spiro atoms. The first kappa shape index (κ1) is 14.5. The van der Waals surface area contributed by atoms with Crippen LogP contribution in [0.15, 0.2) is 29.2 Å². The van der Waals surface area contributed by atoms with E-state index >= 15 is 0 Å². The molecule has 1 heterocycles. The van der Waals surface area contributed by atoms with E-state index in [1.165, 1.54) is 0 Å². The number of hydrogen-bond acceptors (Lipinski definition) is 3. The Morgan fingerprint density at radius 2 is 2.05 bits per heavy atom. The molecule has 19 heavy (non-hydrogen) atoms. The second-order valence-corrected chi connectivity index (χ2v) is 7.28. The average Bonchev–Trinajstić information content (AvgIpc) is 2.39. The monoisotopic (exact) mass is 281 g/mol. The third-order valence-corrected chi connectivity index (χ3v) is 5.72. The number of rotatable bonds is 5. The van der Waals surface area contributed by atoms with Gasteiger partial charge in [-0.15, -0.1) is 0 Å². The lowest BCUT2D eigenvalue weighted by molar-refractivity contribution is 0.395. The maximum absolute atomic E-state index is 12.1. The van der Waals surface area contributed by atoms with Gasteiger partial charge in [0, 0.05) is 12.0 Å². The largest absolute Gasteiger partial charge is 0.314 e. The number of benzene rings is 1. The summed E-state index contributed by atoms with van der Waals surface area (Å²) in [5, 5.41) is 3.53. The van der Waals surface area contributed by atoms with E-state index in [9.17, 15) is 8.42 Å². The Kier molecular flexibility index (Phi) is 4.63. The first-order valence-corrected chi connectivity index (χ1v) is 8.80. The maximum atomic E-state index is 12.1. The van der Waals surface area contributed by atoms with E-state index in [1.807, 2.05) is 18.2 Å². The molecule has 2 atom stereocenters. The van der Waals surface area contributed by atoms with Crippen LogP contribution in [0.2, 0.25) is 0 Å². The van der Waals surface area contributed by atoms with Gasteiger partial charge in [0.15, 0.2) is 9.84 Å². The van der Waals surface area contributed by atoms with Crippen LogP contribution in [-0.4, -0.2) is 26.8 Å². The van der Waals surface area contributed by atoms with Gasteiger partial charge in [-0.05, 0) is 31.0 Å². The molecule has 0 amide bonds. The van der Waals surface area contributed by atoms with Gasteiger partial charge in [-0.1, -0.05) is 38.5 Å². The van der Waals surface area contributed by atoms with Crippen LogP contribution in [0.25, 0.3) is 0 Å². The molecule has 0 saturated carbocycles. The smallest absolute Gasteiger partial charge is 0.178 e. The number of likely N-dealkylation sites (N-methyl/N-ethyl adjacent to an activating group) is 1. The highest BCUT2D eigenvalue weighted by Crippen LogP contribution is 2.36. The van der Waals surface area contributed by atoms with Crippen LogP contribution in [-0.2, 0) is 9.84 Å². The van der Waals surface area contributed by atoms with Gasteiger partial charge in [-0.25, -0.2) is 8.42 Å². The third kappa shape index (κ3) is 3.00. The second-order valence-electron chi connectivity index (χ2n) is 5.20. The molecule has 0 aliphatic carbocycles. The van der Waals surface area contributed by atoms with E-state index in [2.05, 4.69) is 19.2 Å². The quantitative estimate of drug-likeness (QED) is 0.902. The SMILES string of the molecule is CCCC(NCC)C1CCS(=O)(=O)c2ccccc21. The van der Waals surface area contributed by atoms with Crippen molar-refractivity contribution in [2.45, 2.75) is 50.0 Å². The lowest BCUT2D eigenvalue weighted by Gasteiger charge is -2.32. The number of sulfone groups is 1. The van der Waals surface area contributed by atoms with Crippen LogP contribution in [0.4, 0.5) is 0 Å². The van der Waals surface area contributed by atoms with Gasteiger partial charge in [0.25, 0.3) is 0 Å². The summed E-state index contributed by atoms with van der Waals surface area (Å²) in [4.78, 5) is 0.547. The van der Waals surface area contributed by atoms with Crippen molar-refractivity contribution in [1.29, 1.82) is 0 Å². The lowest BCUT2D eigenvalue weighted by Crippen LogP contribution is -2.38. The summed E-state index contributed by atoms with van der Waals surface area (Å²) in [5.74, 6) is 0.597. The maximum Gasteiger partial charge on any atom is 0.178 e. The molecule has 0 aromatic heterocycles. The van der Waals surface area contributed by atoms with Gasteiger partial charge in [0.1, 0.15) is 0 Å². The van der Waals surface area contributed by atoms with Gasteiger partial charge in [0.2, 0.25) is 0 Å². The van der Waals surface area contributed by atoms with Crippen molar-refractivity contribution >= 4 is 9.84 Å². The molecule has 0 radical (unpaired) electrons. The van der Waals surface area contributed by atoms with Crippen LogP contribution < -0.4 is 5.32 Å². The zero-order valence-corrected chi connectivity index (χ0v) is 12.5. The van der Waals surface area contributed by atoms with E-state index in [4.69, 9.17) is 0 Å². The van der Waals surface area contributed by atoms with E-state index in [0.29, 0.717) is 16.9 Å². The summed E-state index contributed by atoms with van der Waals surface area (Å²) < 4.78 is 24.3. The number of hydrogen-bond donors (Lipinski definition) is 1. The molecule has 1 N–H and O–H groups in total. The molecule has 1 aliphatic heterocycles. The second kappa shape index (κ2) is 6.06. The minimum Gasteiger partial charge on any atom is -0.314 e. The van der Waals surface area contributed by atoms with Gasteiger partial charge < -0.3 is 5.32 Å². The lowest BCUT2D eigenvalue weighted by atomic mass is 9.86. The molecular formula is C15H23NO2S. The summed E-state index contributed by atoms with van der Waals surface area (Å²) in [5.41, 5.74) is 1.01. The third-order valence-electron chi connectivity index (χ3n) is 3.90. The molecule has 3 nitrogen and oxygen atoms in total. The molecule has 1 aliphatic rings. The van der Waals surface area contributed by atoms with Crippen molar-refractivity contribution in [3.05, 3.63) is 29.8 Å². The molecule has 106 valence electrons. The van der Waals surface area contributed by atoms with Crippen LogP contribution in [0, 0.1) is 0 Å². The zero-order valence-electron chi connectivity index (χ0n) is 11.7. The summed E-state index contributed by atoms with van der Waals surface area (Å²) >= 11 is 0. The van der Waals surface area contributed by atoms with Gasteiger partial charge >= 0.3 is 0 Å². The van der Waals surface area contributed by atoms with E-state index < -0.39 is 9.84 Å². The molecule has 0 bridgehead atoms. The Morgan fingerprint density at radius 1 is 1.32 bits per heavy atom. The van der Waals surface area contributed by atoms with E-state index in [-0.39, 0.29) is 5.75 Å².